The predicted octanol–water partition coefficient (Wildman–Crippen LogP) is -2.45. The van der Waals surface area contributed by atoms with Gasteiger partial charge in [0.15, 0.2) is 0 Å². The van der Waals surface area contributed by atoms with E-state index < -0.39 is 26.5 Å². The van der Waals surface area contributed by atoms with Crippen molar-refractivity contribution in [2.45, 2.75) is 0 Å². The van der Waals surface area contributed by atoms with Crippen molar-refractivity contribution < 1.29 is 23.2 Å². The van der Waals surface area contributed by atoms with Gasteiger partial charge in [0.05, 0.1) is 0 Å². The number of aromatic amines is 2. The minimum atomic E-state index is -1.44. The van der Waals surface area contributed by atoms with Gasteiger partial charge in [0.25, 0.3) is 0 Å². The van der Waals surface area contributed by atoms with Gasteiger partial charge in [-0.3, -0.25) is 0 Å². The zero-order chi connectivity index (χ0) is 8.69. The maximum atomic E-state index is 10.2. The van der Waals surface area contributed by atoms with Crippen molar-refractivity contribution in [2.24, 2.45) is 0 Å². The molecule has 1 heterocycles. The van der Waals surface area contributed by atoms with Crippen LogP contribution in [0, 0.1) is 6.20 Å². The zero-order valence-corrected chi connectivity index (χ0v) is 6.27. The monoisotopic (exact) mass is 198 g/mol. The van der Waals surface area contributed by atoms with Crippen LogP contribution in [0.1, 0.15) is 0 Å². The van der Waals surface area contributed by atoms with E-state index in [1.54, 1.807) is 0 Å². The second-order valence-corrected chi connectivity index (χ2v) is 1.49. The molecular formula is C4H3MnN2O4-2. The minimum absolute atomic E-state index is 0.436. The van der Waals surface area contributed by atoms with E-state index in [9.17, 15) is 9.59 Å². The Balaban J connectivity index is 0.000000292. The SMILES string of the molecule is O=c1c[c-][nH]c(=O)[nH]1.[O]=[Mn][O-]. The summed E-state index contributed by atoms with van der Waals surface area (Å²) in [5.41, 5.74) is -0.966. The molecule has 0 atom stereocenters. The third-order valence-corrected chi connectivity index (χ3v) is 0.626. The third-order valence-electron chi connectivity index (χ3n) is 0.626. The van der Waals surface area contributed by atoms with Gasteiger partial charge in [-0.15, -0.1) is 0 Å². The van der Waals surface area contributed by atoms with Gasteiger partial charge in [-0.25, -0.2) is 0 Å². The molecule has 0 saturated carbocycles. The van der Waals surface area contributed by atoms with Gasteiger partial charge < -0.3 is 19.6 Å². The quantitative estimate of drug-likeness (QED) is 0.356. The van der Waals surface area contributed by atoms with Crippen molar-refractivity contribution in [3.8, 4) is 0 Å². The van der Waals surface area contributed by atoms with Gasteiger partial charge in [0.2, 0.25) is 5.69 Å². The Kier molecular flexibility index (Phi) is 5.18. The average Bonchev–Trinajstić information content (AvgIpc) is 1.88. The van der Waals surface area contributed by atoms with Gasteiger partial charge >= 0.3 is 23.2 Å². The van der Waals surface area contributed by atoms with E-state index in [1.807, 2.05) is 4.98 Å². The fraction of sp³-hybridized carbons (Fsp3) is 0. The number of hydrogen-bond donors (Lipinski definition) is 2. The van der Waals surface area contributed by atoms with Crippen LogP contribution < -0.4 is 15.4 Å². The van der Waals surface area contributed by atoms with E-state index in [-0.39, 0.29) is 0 Å². The zero-order valence-electron chi connectivity index (χ0n) is 5.09. The number of H-pyrrole nitrogens is 2. The second-order valence-electron chi connectivity index (χ2n) is 1.30. The molecule has 2 N–H and O–H groups in total. The molecule has 0 spiro atoms. The van der Waals surface area contributed by atoms with Crippen LogP contribution in [-0.2, 0) is 19.1 Å². The number of aromatic nitrogens is 2. The summed E-state index contributed by atoms with van der Waals surface area (Å²) in [7, 11) is 0. The summed E-state index contributed by atoms with van der Waals surface area (Å²) in [5.74, 6) is 0. The molecule has 7 heteroatoms. The molecule has 62 valence electrons. The van der Waals surface area contributed by atoms with Crippen molar-refractivity contribution >= 4 is 0 Å². The van der Waals surface area contributed by atoms with E-state index in [1.165, 1.54) is 0 Å². The molecule has 0 amide bonds. The Morgan fingerprint density at radius 1 is 1.55 bits per heavy atom. The molecule has 1 rings (SSSR count). The molecule has 11 heavy (non-hydrogen) atoms. The Hall–Kier alpha value is -1.04. The van der Waals surface area contributed by atoms with Gasteiger partial charge in [-0.2, -0.15) is 0 Å². The molecule has 0 saturated heterocycles. The van der Waals surface area contributed by atoms with Crippen molar-refractivity contribution in [3.63, 3.8) is 0 Å². The summed E-state index contributed by atoms with van der Waals surface area (Å²) < 4.78 is 16.8. The fourth-order valence-electron chi connectivity index (χ4n) is 0.346. The van der Waals surface area contributed by atoms with Crippen LogP contribution in [0.3, 0.4) is 0 Å². The van der Waals surface area contributed by atoms with E-state index in [4.69, 9.17) is 8.02 Å². The first kappa shape index (κ1) is 9.96. The van der Waals surface area contributed by atoms with Crippen molar-refractivity contribution in [3.05, 3.63) is 33.1 Å². The Labute approximate surface area is 67.0 Å². The molecule has 0 fully saturated rings. The third kappa shape index (κ3) is 5.41. The predicted molar refractivity (Wildman–Crippen MR) is 27.2 cm³/mol. The van der Waals surface area contributed by atoms with Gasteiger partial charge in [-0.05, 0) is 0 Å². The molecule has 0 unspecified atom stereocenters. The van der Waals surface area contributed by atoms with E-state index in [0.717, 1.165) is 6.07 Å². The first-order chi connectivity index (χ1) is 5.20. The molecule has 1 aromatic heterocycles. The Bertz CT molecular complexity index is 291. The summed E-state index contributed by atoms with van der Waals surface area (Å²) in [4.78, 5) is 24.4. The molecule has 0 aromatic carbocycles. The van der Waals surface area contributed by atoms with E-state index in [0.29, 0.717) is 0 Å². The van der Waals surface area contributed by atoms with Gasteiger partial charge in [0.1, 0.15) is 5.56 Å². The standard InChI is InChI=1S/C4H3N2O2.Mn.2O/c7-3-1-2-5-4(8)6-3;;;/h1H,(H2,5,6,7,8);;;/q-1;;;-1. The molecular weight excluding hydrogens is 195 g/mol. The van der Waals surface area contributed by atoms with Crippen LogP contribution in [0.4, 0.5) is 0 Å². The molecule has 1 aromatic rings. The average molecular weight is 198 g/mol. The van der Waals surface area contributed by atoms with E-state index >= 15 is 0 Å². The fourth-order valence-corrected chi connectivity index (χ4v) is 0.346. The summed E-state index contributed by atoms with van der Waals surface area (Å²) in [5, 5.41) is 0. The van der Waals surface area contributed by atoms with E-state index in [2.05, 4.69) is 11.2 Å². The molecule has 6 nitrogen and oxygen atoms in total. The summed E-state index contributed by atoms with van der Waals surface area (Å²) in [6, 6.07) is 1.11. The van der Waals surface area contributed by atoms with Crippen molar-refractivity contribution in [1.82, 2.24) is 9.97 Å². The van der Waals surface area contributed by atoms with Gasteiger partial charge in [0, 0.05) is 0 Å². The number of hydrogen-bond acceptors (Lipinski definition) is 4. The molecule has 0 aliphatic heterocycles. The van der Waals surface area contributed by atoms with Crippen molar-refractivity contribution in [2.75, 3.05) is 0 Å². The topological polar surface area (TPSA) is 106 Å². The Morgan fingerprint density at radius 2 is 2.09 bits per heavy atom. The maximum absolute atomic E-state index is 10.2. The van der Waals surface area contributed by atoms with Crippen LogP contribution in [0.5, 0.6) is 0 Å². The second kappa shape index (κ2) is 5.72. The molecule has 0 bridgehead atoms. The molecule has 0 aliphatic carbocycles. The molecule has 0 aliphatic rings. The number of nitrogens with one attached hydrogen (secondary N) is 2. The van der Waals surface area contributed by atoms with Crippen molar-refractivity contribution in [1.29, 1.82) is 0 Å². The van der Waals surface area contributed by atoms with Crippen LogP contribution in [-0.4, -0.2) is 9.97 Å². The summed E-state index contributed by atoms with van der Waals surface area (Å²) in [6.07, 6.45) is 2.25. The van der Waals surface area contributed by atoms with Gasteiger partial charge in [-0.1, -0.05) is 12.3 Å². The van der Waals surface area contributed by atoms with Crippen LogP contribution >= 0.6 is 0 Å². The first-order valence-electron chi connectivity index (χ1n) is 2.29. The normalized spacial score (nSPS) is 8.09. The van der Waals surface area contributed by atoms with Crippen LogP contribution in [0.2, 0.25) is 0 Å². The van der Waals surface area contributed by atoms with Crippen LogP contribution in [0.25, 0.3) is 0 Å². The summed E-state index contributed by atoms with van der Waals surface area (Å²) in [6.45, 7) is 0. The first-order valence-corrected chi connectivity index (χ1v) is 3.26. The Morgan fingerprint density at radius 3 is 2.36 bits per heavy atom. The molecule has 0 radical (unpaired) electrons. The summed E-state index contributed by atoms with van der Waals surface area (Å²) >= 11 is -1.44. The van der Waals surface area contributed by atoms with Crippen LogP contribution in [0.15, 0.2) is 15.7 Å². The number of rotatable bonds is 0.